The van der Waals surface area contributed by atoms with Crippen molar-refractivity contribution in [1.82, 2.24) is 10.2 Å². The predicted molar refractivity (Wildman–Crippen MR) is 154 cm³/mol. The zero-order valence-corrected chi connectivity index (χ0v) is 24.8. The SMILES string of the molecule is CC(C)C(=O)OCc1ccc(O[C@H]2C[C@@H](O)C[C@@H](C(=O)O)O2)c(NC(=O)CCNC(=O)CCCCCN2C(=O)C=CC2=O)c1. The molecule has 44 heavy (non-hydrogen) atoms. The van der Waals surface area contributed by atoms with Gasteiger partial charge in [-0.05, 0) is 30.5 Å². The first-order chi connectivity index (χ1) is 20.9. The number of carboxylic acid groups (broad SMARTS) is 1. The number of aliphatic hydroxyl groups is 1. The molecule has 0 aliphatic carbocycles. The van der Waals surface area contributed by atoms with Gasteiger partial charge in [-0.3, -0.25) is 28.9 Å². The third kappa shape index (κ3) is 10.8. The summed E-state index contributed by atoms with van der Waals surface area (Å²) in [5.41, 5.74) is 0.762. The number of aliphatic hydroxyl groups excluding tert-OH is 1. The fourth-order valence-electron chi connectivity index (χ4n) is 4.43. The minimum Gasteiger partial charge on any atom is -0.479 e. The average molecular weight is 618 g/mol. The van der Waals surface area contributed by atoms with Gasteiger partial charge in [0.05, 0.1) is 17.7 Å². The van der Waals surface area contributed by atoms with Crippen molar-refractivity contribution in [3.63, 3.8) is 0 Å². The highest BCUT2D eigenvalue weighted by atomic mass is 16.7. The van der Waals surface area contributed by atoms with Crippen molar-refractivity contribution in [3.05, 3.63) is 35.9 Å². The lowest BCUT2D eigenvalue weighted by atomic mass is 10.1. The lowest BCUT2D eigenvalue weighted by Gasteiger charge is -2.31. The van der Waals surface area contributed by atoms with Crippen LogP contribution in [0.25, 0.3) is 0 Å². The second kappa shape index (κ2) is 16.5. The van der Waals surface area contributed by atoms with Gasteiger partial charge in [0.1, 0.15) is 12.4 Å². The van der Waals surface area contributed by atoms with E-state index in [4.69, 9.17) is 14.2 Å². The number of ether oxygens (including phenoxy) is 3. The molecule has 3 atom stereocenters. The van der Waals surface area contributed by atoms with E-state index in [2.05, 4.69) is 10.6 Å². The molecule has 0 aromatic heterocycles. The summed E-state index contributed by atoms with van der Waals surface area (Å²) in [7, 11) is 0. The Labute approximate surface area is 254 Å². The van der Waals surface area contributed by atoms with Gasteiger partial charge in [0, 0.05) is 50.9 Å². The molecule has 0 radical (unpaired) electrons. The molecule has 14 heteroatoms. The van der Waals surface area contributed by atoms with E-state index in [1.54, 1.807) is 26.0 Å². The molecule has 240 valence electrons. The number of benzene rings is 1. The molecule has 0 saturated carbocycles. The Morgan fingerprint density at radius 2 is 1.75 bits per heavy atom. The Hall–Kier alpha value is -4.30. The molecule has 14 nitrogen and oxygen atoms in total. The number of hydrogen-bond acceptors (Lipinski definition) is 10. The number of esters is 1. The Morgan fingerprint density at radius 3 is 2.43 bits per heavy atom. The zero-order valence-electron chi connectivity index (χ0n) is 24.8. The predicted octanol–water partition coefficient (Wildman–Crippen LogP) is 1.65. The fourth-order valence-corrected chi connectivity index (χ4v) is 4.43. The number of carboxylic acids is 1. The van der Waals surface area contributed by atoms with Gasteiger partial charge in [-0.25, -0.2) is 4.79 Å². The first kappa shape index (κ1) is 34.2. The van der Waals surface area contributed by atoms with Crippen molar-refractivity contribution in [1.29, 1.82) is 0 Å². The molecule has 2 aliphatic heterocycles. The van der Waals surface area contributed by atoms with Gasteiger partial charge in [0.25, 0.3) is 11.8 Å². The van der Waals surface area contributed by atoms with Crippen LogP contribution in [0.1, 0.15) is 64.4 Å². The zero-order chi connectivity index (χ0) is 32.2. The minimum atomic E-state index is -1.25. The van der Waals surface area contributed by atoms with E-state index >= 15 is 0 Å². The molecule has 0 bridgehead atoms. The molecule has 3 rings (SSSR count). The summed E-state index contributed by atoms with van der Waals surface area (Å²) in [6, 6.07) is 4.68. The number of carbonyl (C=O) groups is 6. The second-order valence-corrected chi connectivity index (χ2v) is 10.8. The van der Waals surface area contributed by atoms with Crippen LogP contribution in [0.3, 0.4) is 0 Å². The molecule has 1 fully saturated rings. The van der Waals surface area contributed by atoms with Gasteiger partial charge < -0.3 is 35.1 Å². The molecule has 2 aliphatic rings. The number of hydrogen-bond donors (Lipinski definition) is 4. The highest BCUT2D eigenvalue weighted by Gasteiger charge is 2.34. The number of unbranched alkanes of at least 4 members (excludes halogenated alkanes) is 2. The molecule has 4 amide bonds. The Bertz CT molecular complexity index is 1240. The Kier molecular flexibility index (Phi) is 12.8. The maximum absolute atomic E-state index is 12.8. The van der Waals surface area contributed by atoms with Gasteiger partial charge >= 0.3 is 11.9 Å². The highest BCUT2D eigenvalue weighted by molar-refractivity contribution is 6.12. The quantitative estimate of drug-likeness (QED) is 0.119. The van der Waals surface area contributed by atoms with Crippen LogP contribution in [0.2, 0.25) is 0 Å². The van der Waals surface area contributed by atoms with Crippen molar-refractivity contribution < 1.29 is 53.2 Å². The Balaban J connectivity index is 1.50. The van der Waals surface area contributed by atoms with E-state index in [9.17, 15) is 39.0 Å². The number of amides is 4. The molecule has 1 aromatic rings. The summed E-state index contributed by atoms with van der Waals surface area (Å²) >= 11 is 0. The largest absolute Gasteiger partial charge is 0.479 e. The number of rotatable bonds is 16. The maximum Gasteiger partial charge on any atom is 0.333 e. The van der Waals surface area contributed by atoms with Crippen LogP contribution in [0, 0.1) is 5.92 Å². The van der Waals surface area contributed by atoms with Gasteiger partial charge in [0.15, 0.2) is 6.10 Å². The number of carbonyl (C=O) groups excluding carboxylic acids is 5. The highest BCUT2D eigenvalue weighted by Crippen LogP contribution is 2.31. The smallest absolute Gasteiger partial charge is 0.333 e. The number of aliphatic carboxylic acids is 1. The Morgan fingerprint density at radius 1 is 1.02 bits per heavy atom. The first-order valence-corrected chi connectivity index (χ1v) is 14.6. The molecule has 1 saturated heterocycles. The van der Waals surface area contributed by atoms with Crippen molar-refractivity contribution in [3.8, 4) is 5.75 Å². The maximum atomic E-state index is 12.8. The van der Waals surface area contributed by atoms with Gasteiger partial charge in [-0.2, -0.15) is 0 Å². The van der Waals surface area contributed by atoms with E-state index in [0.717, 1.165) is 4.90 Å². The first-order valence-electron chi connectivity index (χ1n) is 14.6. The summed E-state index contributed by atoms with van der Waals surface area (Å²) in [6.07, 6.45) is 1.03. The molecule has 0 unspecified atom stereocenters. The molecule has 4 N–H and O–H groups in total. The second-order valence-electron chi connectivity index (χ2n) is 10.8. The van der Waals surface area contributed by atoms with Crippen molar-refractivity contribution in [2.24, 2.45) is 5.92 Å². The number of imide groups is 1. The van der Waals surface area contributed by atoms with Gasteiger partial charge in [-0.1, -0.05) is 26.3 Å². The number of nitrogens with zero attached hydrogens (tertiary/aromatic N) is 1. The lowest BCUT2D eigenvalue weighted by Crippen LogP contribution is -2.42. The summed E-state index contributed by atoms with van der Waals surface area (Å²) in [4.78, 5) is 72.5. The van der Waals surface area contributed by atoms with E-state index in [-0.39, 0.29) is 73.9 Å². The van der Waals surface area contributed by atoms with E-state index in [1.807, 2.05) is 0 Å². The minimum absolute atomic E-state index is 0.0165. The van der Waals surface area contributed by atoms with Crippen LogP contribution in [-0.2, 0) is 44.8 Å². The van der Waals surface area contributed by atoms with E-state index in [0.29, 0.717) is 31.4 Å². The van der Waals surface area contributed by atoms with E-state index < -0.39 is 36.3 Å². The van der Waals surface area contributed by atoms with Gasteiger partial charge in [-0.15, -0.1) is 0 Å². The molecule has 0 spiro atoms. The lowest BCUT2D eigenvalue weighted by molar-refractivity contribution is -0.195. The molecular weight excluding hydrogens is 578 g/mol. The van der Waals surface area contributed by atoms with Crippen molar-refractivity contribution >= 4 is 41.3 Å². The average Bonchev–Trinajstić information content (AvgIpc) is 3.28. The molecular formula is C30H39N3O11. The molecule has 1 aromatic carbocycles. The van der Waals surface area contributed by atoms with Crippen LogP contribution >= 0.6 is 0 Å². The van der Waals surface area contributed by atoms with Crippen LogP contribution in [0.5, 0.6) is 5.75 Å². The number of anilines is 1. The third-order valence-corrected chi connectivity index (χ3v) is 6.83. The van der Waals surface area contributed by atoms with E-state index in [1.165, 1.54) is 18.2 Å². The summed E-state index contributed by atoms with van der Waals surface area (Å²) in [5, 5.41) is 24.8. The number of nitrogens with one attached hydrogen (secondary N) is 2. The summed E-state index contributed by atoms with van der Waals surface area (Å²) in [6.45, 7) is 3.71. The fraction of sp³-hybridized carbons (Fsp3) is 0.533. The summed E-state index contributed by atoms with van der Waals surface area (Å²) in [5.74, 6) is -3.17. The third-order valence-electron chi connectivity index (χ3n) is 6.83. The van der Waals surface area contributed by atoms with Crippen LogP contribution < -0.4 is 15.4 Å². The van der Waals surface area contributed by atoms with Crippen LogP contribution in [-0.4, -0.2) is 82.3 Å². The van der Waals surface area contributed by atoms with Crippen LogP contribution in [0.4, 0.5) is 5.69 Å². The topological polar surface area (TPSA) is 198 Å². The normalized spacial score (nSPS) is 19.6. The molecule has 2 heterocycles. The van der Waals surface area contributed by atoms with Crippen LogP contribution in [0.15, 0.2) is 30.4 Å². The monoisotopic (exact) mass is 617 g/mol. The van der Waals surface area contributed by atoms with Gasteiger partial charge in [0.2, 0.25) is 18.1 Å². The summed E-state index contributed by atoms with van der Waals surface area (Å²) < 4.78 is 16.5. The standard InChI is InChI=1S/C30H39N3O11/c1-18(2)30(41)42-17-19-7-8-22(43-28-16-20(34)15-23(44-28)29(39)40)21(14-19)32-25(36)11-12-31-24(35)6-4-3-5-13-33-26(37)9-10-27(33)38/h7-10,14,18,20,23,28,34H,3-6,11-13,15-17H2,1-2H3,(H,31,35)(H,32,36)(H,39,40)/t20-,23-,28+/m0/s1. The van der Waals surface area contributed by atoms with Crippen molar-refractivity contribution in [2.45, 2.75) is 83.9 Å². The van der Waals surface area contributed by atoms with Crippen molar-refractivity contribution in [2.75, 3.05) is 18.4 Å².